The van der Waals surface area contributed by atoms with Crippen molar-refractivity contribution in [2.45, 2.75) is 0 Å². The second-order valence-corrected chi connectivity index (χ2v) is 6.66. The van der Waals surface area contributed by atoms with Crippen LogP contribution < -0.4 is 0 Å². The Morgan fingerprint density at radius 3 is 1.86 bits per heavy atom. The van der Waals surface area contributed by atoms with Gasteiger partial charge in [-0.25, -0.2) is 9.97 Å². The number of fused-ring (bicyclic) bond motifs is 11. The molecule has 8 bridgehead atoms. The SMILES string of the molecule is C1=Cc2cc3ccc(cc4nc(cc5ccc(cc1n2)[nH]5)-c1ccoc1-4)[nH]3.[Zn]. The van der Waals surface area contributed by atoms with Gasteiger partial charge in [-0.05, 0) is 66.7 Å². The average molecular weight is 416 g/mol. The summed E-state index contributed by atoms with van der Waals surface area (Å²) in [5.74, 6) is 0.797. The van der Waals surface area contributed by atoms with Crippen molar-refractivity contribution in [2.24, 2.45) is 0 Å². The van der Waals surface area contributed by atoms with Gasteiger partial charge in [-0.1, -0.05) is 0 Å². The van der Waals surface area contributed by atoms with Crippen molar-refractivity contribution in [3.63, 3.8) is 0 Å². The van der Waals surface area contributed by atoms with E-state index in [0.717, 1.165) is 56.2 Å². The molecule has 2 N–H and O–H groups in total. The largest absolute Gasteiger partial charge is 0.462 e. The summed E-state index contributed by atoms with van der Waals surface area (Å²) in [5, 5.41) is 0. The molecule has 4 aromatic rings. The predicted octanol–water partition coefficient (Wildman–Crippen LogP) is 5.41. The summed E-state index contributed by atoms with van der Waals surface area (Å²) in [7, 11) is 0. The number of nitrogens with zero attached hydrogens (tertiary/aromatic N) is 2. The van der Waals surface area contributed by atoms with Gasteiger partial charge in [0.1, 0.15) is 5.69 Å². The number of hydrogen-bond donors (Lipinski definition) is 2. The molecule has 0 unspecified atom stereocenters. The third kappa shape index (κ3) is 2.83. The Morgan fingerprint density at radius 1 is 0.643 bits per heavy atom. The molecule has 2 aliphatic rings. The average Bonchev–Trinajstić information content (AvgIpc) is 3.42. The van der Waals surface area contributed by atoms with Gasteiger partial charge in [0, 0.05) is 47.1 Å². The molecule has 0 saturated heterocycles. The molecule has 28 heavy (non-hydrogen) atoms. The van der Waals surface area contributed by atoms with E-state index in [9.17, 15) is 0 Å². The van der Waals surface area contributed by atoms with Crippen LogP contribution in [0.15, 0.2) is 65.3 Å². The third-order valence-corrected chi connectivity index (χ3v) is 4.75. The van der Waals surface area contributed by atoms with E-state index in [-0.39, 0.29) is 19.5 Å². The molecule has 0 aliphatic carbocycles. The topological polar surface area (TPSA) is 70.5 Å². The Morgan fingerprint density at radius 2 is 1.21 bits per heavy atom. The Labute approximate surface area is 172 Å². The molecule has 0 atom stereocenters. The Bertz CT molecular complexity index is 1290. The first-order valence-corrected chi connectivity index (χ1v) is 8.75. The summed E-state index contributed by atoms with van der Waals surface area (Å²) >= 11 is 0. The number of hydrogen-bond acceptors (Lipinski definition) is 3. The van der Waals surface area contributed by atoms with Crippen molar-refractivity contribution in [3.8, 4) is 22.7 Å². The van der Waals surface area contributed by atoms with Crippen LogP contribution in [0.3, 0.4) is 0 Å². The van der Waals surface area contributed by atoms with Gasteiger partial charge >= 0.3 is 0 Å². The molecule has 0 aromatic carbocycles. The first-order valence-electron chi connectivity index (χ1n) is 8.75. The van der Waals surface area contributed by atoms with E-state index in [1.807, 2.05) is 66.7 Å². The zero-order valence-electron chi connectivity index (χ0n) is 14.9. The Kier molecular flexibility index (Phi) is 3.88. The summed E-state index contributed by atoms with van der Waals surface area (Å²) in [6, 6.07) is 18.2. The van der Waals surface area contributed by atoms with Crippen molar-refractivity contribution < 1.29 is 23.9 Å². The molecule has 0 radical (unpaired) electrons. The molecule has 6 rings (SSSR count). The molecular formula is C22H14N4OZn. The van der Waals surface area contributed by atoms with Gasteiger partial charge in [0.15, 0.2) is 5.76 Å². The molecular weight excluding hydrogens is 402 g/mol. The number of nitrogens with one attached hydrogen (secondary N) is 2. The Hall–Kier alpha value is -3.24. The maximum Gasteiger partial charge on any atom is 0.161 e. The second kappa shape index (κ2) is 6.43. The van der Waals surface area contributed by atoms with Crippen molar-refractivity contribution in [3.05, 3.63) is 72.2 Å². The fourth-order valence-electron chi connectivity index (χ4n) is 3.52. The molecule has 0 fully saturated rings. The molecule has 0 spiro atoms. The smallest absolute Gasteiger partial charge is 0.161 e. The first-order chi connectivity index (χ1) is 13.3. The third-order valence-electron chi connectivity index (χ3n) is 4.75. The standard InChI is InChI=1S/C22H14N4O.Zn/c1-2-14-10-16-4-6-18(25-16)12-21-22-19(7-8-27-22)20(26-21)11-17-5-3-15(24-17)9-13(1)23-14;/h1-12,24-25H;. The van der Waals surface area contributed by atoms with Crippen molar-refractivity contribution in [1.82, 2.24) is 19.9 Å². The van der Waals surface area contributed by atoms with E-state index >= 15 is 0 Å². The van der Waals surface area contributed by atoms with Crippen molar-refractivity contribution in [1.29, 1.82) is 0 Å². The molecule has 130 valence electrons. The summed E-state index contributed by atoms with van der Waals surface area (Å²) in [5.41, 5.74) is 8.50. The molecule has 5 nitrogen and oxygen atoms in total. The molecule has 6 heteroatoms. The van der Waals surface area contributed by atoms with Crippen LogP contribution in [-0.2, 0) is 19.5 Å². The van der Waals surface area contributed by atoms with E-state index in [2.05, 4.69) is 15.0 Å². The minimum absolute atomic E-state index is 0. The van der Waals surface area contributed by atoms with E-state index < -0.39 is 0 Å². The zero-order chi connectivity index (χ0) is 17.8. The van der Waals surface area contributed by atoms with Crippen LogP contribution in [0.5, 0.6) is 0 Å². The molecule has 2 aliphatic heterocycles. The number of aromatic amines is 2. The number of aromatic nitrogens is 4. The van der Waals surface area contributed by atoms with Crippen LogP contribution in [0.25, 0.3) is 56.9 Å². The molecule has 0 amide bonds. The van der Waals surface area contributed by atoms with E-state index in [0.29, 0.717) is 0 Å². The van der Waals surface area contributed by atoms with Gasteiger partial charge in [-0.2, -0.15) is 0 Å². The van der Waals surface area contributed by atoms with Crippen LogP contribution in [0.4, 0.5) is 0 Å². The number of H-pyrrole nitrogens is 2. The van der Waals surface area contributed by atoms with Crippen LogP contribution in [0, 0.1) is 0 Å². The van der Waals surface area contributed by atoms with Crippen LogP contribution >= 0.6 is 0 Å². The van der Waals surface area contributed by atoms with Gasteiger partial charge in [0.25, 0.3) is 0 Å². The fraction of sp³-hybridized carbons (Fsp3) is 0. The van der Waals surface area contributed by atoms with Crippen LogP contribution in [0.1, 0.15) is 11.4 Å². The minimum atomic E-state index is 0. The normalized spacial score (nSPS) is 11.9. The van der Waals surface area contributed by atoms with Crippen molar-refractivity contribution >= 4 is 34.2 Å². The van der Waals surface area contributed by atoms with Gasteiger partial charge in [0.2, 0.25) is 0 Å². The monoisotopic (exact) mass is 414 g/mol. The quantitative estimate of drug-likeness (QED) is 0.326. The minimum Gasteiger partial charge on any atom is -0.462 e. The van der Waals surface area contributed by atoms with Crippen molar-refractivity contribution in [2.75, 3.05) is 0 Å². The zero-order valence-corrected chi connectivity index (χ0v) is 17.9. The number of furan rings is 1. The summed E-state index contributed by atoms with van der Waals surface area (Å²) < 4.78 is 5.69. The summed E-state index contributed by atoms with van der Waals surface area (Å²) in [6.45, 7) is 0. The van der Waals surface area contributed by atoms with Gasteiger partial charge in [0.05, 0.1) is 23.3 Å². The molecule has 0 saturated carbocycles. The summed E-state index contributed by atoms with van der Waals surface area (Å²) in [6.07, 6.45) is 5.74. The maximum atomic E-state index is 5.69. The van der Waals surface area contributed by atoms with Gasteiger partial charge in [-0.3, -0.25) is 0 Å². The van der Waals surface area contributed by atoms with E-state index in [1.54, 1.807) is 6.26 Å². The van der Waals surface area contributed by atoms with Gasteiger partial charge < -0.3 is 14.4 Å². The number of rotatable bonds is 0. The summed E-state index contributed by atoms with van der Waals surface area (Å²) in [4.78, 5) is 16.2. The molecule has 6 heterocycles. The van der Waals surface area contributed by atoms with E-state index in [1.165, 1.54) is 0 Å². The Balaban J connectivity index is 0.00000171. The fourth-order valence-corrected chi connectivity index (χ4v) is 3.52. The van der Waals surface area contributed by atoms with E-state index in [4.69, 9.17) is 9.40 Å². The first kappa shape index (κ1) is 16.9. The maximum absolute atomic E-state index is 5.69. The predicted molar refractivity (Wildman–Crippen MR) is 107 cm³/mol. The van der Waals surface area contributed by atoms with Crippen LogP contribution in [-0.4, -0.2) is 19.9 Å². The molecule has 4 aromatic heterocycles. The van der Waals surface area contributed by atoms with Gasteiger partial charge in [-0.15, -0.1) is 0 Å². The van der Waals surface area contributed by atoms with Crippen LogP contribution in [0.2, 0.25) is 0 Å². The second-order valence-electron chi connectivity index (χ2n) is 6.66.